The number of allylic oxidation sites excluding steroid dienone is 1. The lowest BCUT2D eigenvalue weighted by Crippen LogP contribution is -2.09. The third-order valence-corrected chi connectivity index (χ3v) is 1.79. The van der Waals surface area contributed by atoms with Gasteiger partial charge in [-0.15, -0.1) is 19.0 Å². The predicted octanol–water partition coefficient (Wildman–Crippen LogP) is 2.47. The summed E-state index contributed by atoms with van der Waals surface area (Å²) >= 11 is 0. The second-order valence-electron chi connectivity index (χ2n) is 2.76. The Kier molecular flexibility index (Phi) is 6.20. The average molecular weight is 199 g/mol. The highest BCUT2D eigenvalue weighted by atomic mass is 35.5. The fourth-order valence-corrected chi connectivity index (χ4v) is 1.06. The third-order valence-electron chi connectivity index (χ3n) is 1.79. The highest BCUT2D eigenvalue weighted by Gasteiger charge is 2.02. The maximum absolute atomic E-state index is 5.89. The molecule has 0 amide bonds. The molecule has 3 heteroatoms. The fourth-order valence-electron chi connectivity index (χ4n) is 1.06. The molecule has 1 rings (SSSR count). The van der Waals surface area contributed by atoms with Crippen molar-refractivity contribution in [1.82, 2.24) is 4.98 Å². The molecule has 0 aliphatic carbocycles. The molecule has 2 nitrogen and oxygen atoms in total. The van der Waals surface area contributed by atoms with Gasteiger partial charge < -0.3 is 5.73 Å². The van der Waals surface area contributed by atoms with Crippen molar-refractivity contribution >= 4 is 12.4 Å². The lowest BCUT2D eigenvalue weighted by molar-refractivity contribution is 0.659. The van der Waals surface area contributed by atoms with Crippen LogP contribution >= 0.6 is 12.4 Å². The highest BCUT2D eigenvalue weighted by molar-refractivity contribution is 5.85. The molecule has 0 aliphatic heterocycles. The zero-order valence-electron chi connectivity index (χ0n) is 7.52. The number of halogens is 1. The zero-order valence-corrected chi connectivity index (χ0v) is 8.33. The lowest BCUT2D eigenvalue weighted by atomic mass is 10.1. The number of aromatic nitrogens is 1. The Morgan fingerprint density at radius 3 is 2.92 bits per heavy atom. The van der Waals surface area contributed by atoms with Gasteiger partial charge in [-0.25, -0.2) is 0 Å². The summed E-state index contributed by atoms with van der Waals surface area (Å²) in [7, 11) is 0. The maximum atomic E-state index is 5.89. The molecule has 1 aromatic rings. The summed E-state index contributed by atoms with van der Waals surface area (Å²) in [5.74, 6) is 0. The largest absolute Gasteiger partial charge is 0.324 e. The Bertz CT molecular complexity index is 236. The third kappa shape index (κ3) is 4.06. The molecular formula is C10H15ClN2. The van der Waals surface area contributed by atoms with Gasteiger partial charge in [-0.05, 0) is 24.5 Å². The zero-order chi connectivity index (χ0) is 8.81. The van der Waals surface area contributed by atoms with Gasteiger partial charge in [0.05, 0.1) is 0 Å². The summed E-state index contributed by atoms with van der Waals surface area (Å²) in [5, 5.41) is 0. The second kappa shape index (κ2) is 6.63. The van der Waals surface area contributed by atoms with Crippen LogP contribution in [0, 0.1) is 0 Å². The van der Waals surface area contributed by atoms with Crippen LogP contribution in [0.1, 0.15) is 24.4 Å². The van der Waals surface area contributed by atoms with E-state index in [4.69, 9.17) is 5.73 Å². The summed E-state index contributed by atoms with van der Waals surface area (Å²) in [6.07, 6.45) is 7.35. The molecule has 0 fully saturated rings. The van der Waals surface area contributed by atoms with Crippen molar-refractivity contribution in [1.29, 1.82) is 0 Å². The first-order valence-corrected chi connectivity index (χ1v) is 4.11. The Balaban J connectivity index is 0.00000144. The SMILES string of the molecule is C=CCC[C@H](N)c1cccnc1.Cl. The Morgan fingerprint density at radius 1 is 1.62 bits per heavy atom. The van der Waals surface area contributed by atoms with E-state index in [9.17, 15) is 0 Å². The quantitative estimate of drug-likeness (QED) is 0.755. The molecule has 13 heavy (non-hydrogen) atoms. The molecule has 72 valence electrons. The summed E-state index contributed by atoms with van der Waals surface area (Å²) in [6, 6.07) is 4.00. The normalized spacial score (nSPS) is 11.5. The van der Waals surface area contributed by atoms with Crippen molar-refractivity contribution in [2.45, 2.75) is 18.9 Å². The second-order valence-corrected chi connectivity index (χ2v) is 2.76. The van der Waals surface area contributed by atoms with E-state index in [0.717, 1.165) is 18.4 Å². The van der Waals surface area contributed by atoms with Gasteiger partial charge in [-0.1, -0.05) is 12.1 Å². The molecule has 0 unspecified atom stereocenters. The first kappa shape index (κ1) is 12.1. The van der Waals surface area contributed by atoms with Crippen LogP contribution in [0.3, 0.4) is 0 Å². The minimum atomic E-state index is 0. The number of pyridine rings is 1. The van der Waals surface area contributed by atoms with E-state index in [1.165, 1.54) is 0 Å². The smallest absolute Gasteiger partial charge is 0.0315 e. The van der Waals surface area contributed by atoms with E-state index in [1.54, 1.807) is 6.20 Å². The molecular weight excluding hydrogens is 184 g/mol. The van der Waals surface area contributed by atoms with Crippen molar-refractivity contribution in [2.24, 2.45) is 5.73 Å². The maximum Gasteiger partial charge on any atom is 0.0315 e. The summed E-state index contributed by atoms with van der Waals surface area (Å²) in [5.41, 5.74) is 6.99. The average Bonchev–Trinajstić information content (AvgIpc) is 2.15. The van der Waals surface area contributed by atoms with Crippen LogP contribution in [0.4, 0.5) is 0 Å². The van der Waals surface area contributed by atoms with Crippen molar-refractivity contribution < 1.29 is 0 Å². The van der Waals surface area contributed by atoms with Gasteiger partial charge in [0.1, 0.15) is 0 Å². The van der Waals surface area contributed by atoms with E-state index in [1.807, 2.05) is 24.4 Å². The lowest BCUT2D eigenvalue weighted by Gasteiger charge is -2.08. The summed E-state index contributed by atoms with van der Waals surface area (Å²) in [6.45, 7) is 3.66. The van der Waals surface area contributed by atoms with E-state index < -0.39 is 0 Å². The molecule has 1 atom stereocenters. The molecule has 0 radical (unpaired) electrons. The van der Waals surface area contributed by atoms with Gasteiger partial charge >= 0.3 is 0 Å². The molecule has 0 bridgehead atoms. The number of hydrogen-bond acceptors (Lipinski definition) is 2. The Labute approximate surface area is 85.3 Å². The first-order valence-electron chi connectivity index (χ1n) is 4.11. The molecule has 0 spiro atoms. The molecule has 1 heterocycles. The van der Waals surface area contributed by atoms with Crippen LogP contribution in [-0.2, 0) is 0 Å². The summed E-state index contributed by atoms with van der Waals surface area (Å²) < 4.78 is 0. The highest BCUT2D eigenvalue weighted by Crippen LogP contribution is 2.13. The van der Waals surface area contributed by atoms with Gasteiger partial charge in [-0.2, -0.15) is 0 Å². The van der Waals surface area contributed by atoms with Gasteiger partial charge in [0.25, 0.3) is 0 Å². The molecule has 0 saturated heterocycles. The number of nitrogens with zero attached hydrogens (tertiary/aromatic N) is 1. The Morgan fingerprint density at radius 2 is 2.38 bits per heavy atom. The van der Waals surface area contributed by atoms with Crippen molar-refractivity contribution in [2.75, 3.05) is 0 Å². The van der Waals surface area contributed by atoms with Gasteiger partial charge in [0, 0.05) is 18.4 Å². The topological polar surface area (TPSA) is 38.9 Å². The van der Waals surface area contributed by atoms with Crippen molar-refractivity contribution in [3.8, 4) is 0 Å². The molecule has 2 N–H and O–H groups in total. The first-order chi connectivity index (χ1) is 5.84. The van der Waals surface area contributed by atoms with Gasteiger partial charge in [0.15, 0.2) is 0 Å². The van der Waals surface area contributed by atoms with Crippen LogP contribution in [0.5, 0.6) is 0 Å². The summed E-state index contributed by atoms with van der Waals surface area (Å²) in [4.78, 5) is 4.01. The standard InChI is InChI=1S/C10H14N2.ClH/c1-2-3-6-10(11)9-5-4-7-12-8-9;/h2,4-5,7-8,10H,1,3,6,11H2;1H/t10-;/m0./s1. The van der Waals surface area contributed by atoms with Crippen LogP contribution in [-0.4, -0.2) is 4.98 Å². The number of nitrogens with two attached hydrogens (primary N) is 1. The molecule has 0 aromatic carbocycles. The van der Waals surface area contributed by atoms with Crippen molar-refractivity contribution in [3.05, 3.63) is 42.7 Å². The fraction of sp³-hybridized carbons (Fsp3) is 0.300. The minimum Gasteiger partial charge on any atom is -0.324 e. The van der Waals surface area contributed by atoms with Gasteiger partial charge in [-0.3, -0.25) is 4.98 Å². The molecule has 1 aromatic heterocycles. The number of rotatable bonds is 4. The number of hydrogen-bond donors (Lipinski definition) is 1. The van der Waals surface area contributed by atoms with Crippen LogP contribution in [0.15, 0.2) is 37.2 Å². The van der Waals surface area contributed by atoms with Gasteiger partial charge in [0.2, 0.25) is 0 Å². The minimum absolute atomic E-state index is 0. The monoisotopic (exact) mass is 198 g/mol. The predicted molar refractivity (Wildman–Crippen MR) is 57.8 cm³/mol. The van der Waals surface area contributed by atoms with Crippen LogP contribution in [0.2, 0.25) is 0 Å². The van der Waals surface area contributed by atoms with E-state index >= 15 is 0 Å². The van der Waals surface area contributed by atoms with E-state index in [-0.39, 0.29) is 18.4 Å². The molecule has 0 aliphatic rings. The Hall–Kier alpha value is -0.860. The van der Waals surface area contributed by atoms with E-state index in [0.29, 0.717) is 0 Å². The van der Waals surface area contributed by atoms with Crippen molar-refractivity contribution in [3.63, 3.8) is 0 Å². The van der Waals surface area contributed by atoms with E-state index in [2.05, 4.69) is 11.6 Å². The van der Waals surface area contributed by atoms with Crippen LogP contribution in [0.25, 0.3) is 0 Å². The molecule has 0 saturated carbocycles. The van der Waals surface area contributed by atoms with Crippen LogP contribution < -0.4 is 5.73 Å².